The fourth-order valence-electron chi connectivity index (χ4n) is 2.24. The van der Waals surface area contributed by atoms with Gasteiger partial charge in [0.15, 0.2) is 0 Å². The Bertz CT molecular complexity index is 499. The Morgan fingerprint density at radius 2 is 1.15 bits per heavy atom. The third-order valence-electron chi connectivity index (χ3n) is 3.72. The zero-order chi connectivity index (χ0) is 14.6. The lowest BCUT2D eigenvalue weighted by molar-refractivity contribution is 0.371. The van der Waals surface area contributed by atoms with Crippen molar-refractivity contribution in [2.24, 2.45) is 0 Å². The van der Waals surface area contributed by atoms with Crippen LogP contribution < -0.4 is 9.47 Å². The quantitative estimate of drug-likeness (QED) is 0.821. The first-order valence-electron chi connectivity index (χ1n) is 6.49. The van der Waals surface area contributed by atoms with Crippen molar-refractivity contribution in [1.82, 2.24) is 0 Å². The highest BCUT2D eigenvalue weighted by molar-refractivity contribution is 5.42. The van der Waals surface area contributed by atoms with Crippen molar-refractivity contribution in [3.8, 4) is 11.5 Å². The molecule has 3 heteroatoms. The Kier molecular flexibility index (Phi) is 4.28. The van der Waals surface area contributed by atoms with Gasteiger partial charge in [-0.05, 0) is 42.3 Å². The maximum Gasteiger partial charge on any atom is 0.118 e. The molecule has 106 valence electrons. The van der Waals surface area contributed by atoms with Crippen LogP contribution in [0.2, 0.25) is 0 Å². The fourth-order valence-corrected chi connectivity index (χ4v) is 2.24. The molecule has 0 saturated heterocycles. The van der Waals surface area contributed by atoms with E-state index >= 15 is 0 Å². The predicted molar refractivity (Wildman–Crippen MR) is 78.4 cm³/mol. The average Bonchev–Trinajstić information content (AvgIpc) is 2.54. The van der Waals surface area contributed by atoms with Gasteiger partial charge in [0.25, 0.3) is 0 Å². The summed E-state index contributed by atoms with van der Waals surface area (Å²) in [6, 6.07) is 15.0. The molecule has 0 aliphatic heterocycles. The lowest BCUT2D eigenvalue weighted by atomic mass is 9.77. The maximum absolute atomic E-state index is 13.7. The Morgan fingerprint density at radius 1 is 0.800 bits per heavy atom. The molecule has 0 unspecified atom stereocenters. The van der Waals surface area contributed by atoms with Crippen molar-refractivity contribution in [3.05, 3.63) is 59.7 Å². The van der Waals surface area contributed by atoms with E-state index in [1.165, 1.54) is 0 Å². The number of benzene rings is 2. The van der Waals surface area contributed by atoms with Gasteiger partial charge in [0.05, 0.1) is 14.2 Å². The van der Waals surface area contributed by atoms with Crippen LogP contribution in [-0.2, 0) is 5.41 Å². The Balaban J connectivity index is 2.39. The smallest absolute Gasteiger partial charge is 0.118 e. The molecular weight excluding hydrogens is 255 g/mol. The predicted octanol–water partition coefficient (Wildman–Crippen LogP) is 3.98. The number of hydrogen-bond acceptors (Lipinski definition) is 2. The van der Waals surface area contributed by atoms with Gasteiger partial charge in [0, 0.05) is 5.41 Å². The third kappa shape index (κ3) is 2.62. The zero-order valence-corrected chi connectivity index (χ0v) is 12.0. The molecule has 2 rings (SSSR count). The Labute approximate surface area is 119 Å². The second kappa shape index (κ2) is 5.95. The van der Waals surface area contributed by atoms with Gasteiger partial charge in [0.1, 0.15) is 18.2 Å². The first-order chi connectivity index (χ1) is 9.63. The van der Waals surface area contributed by atoms with Crippen LogP contribution >= 0.6 is 0 Å². The summed E-state index contributed by atoms with van der Waals surface area (Å²) in [7, 11) is 3.24. The molecule has 0 aromatic heterocycles. The normalized spacial score (nSPS) is 11.2. The zero-order valence-electron chi connectivity index (χ0n) is 12.0. The van der Waals surface area contributed by atoms with Gasteiger partial charge in [-0.2, -0.15) is 0 Å². The SMILES string of the molecule is COc1ccc(C(C)(CF)c2ccc(OC)cc2)cc1. The van der Waals surface area contributed by atoms with E-state index in [1.807, 2.05) is 55.5 Å². The number of rotatable bonds is 5. The van der Waals surface area contributed by atoms with Gasteiger partial charge in [-0.15, -0.1) is 0 Å². The minimum absolute atomic E-state index is 0.467. The van der Waals surface area contributed by atoms with Gasteiger partial charge >= 0.3 is 0 Å². The van der Waals surface area contributed by atoms with E-state index in [2.05, 4.69) is 0 Å². The van der Waals surface area contributed by atoms with Crippen LogP contribution in [0.4, 0.5) is 4.39 Å². The summed E-state index contributed by atoms with van der Waals surface area (Å²) in [5, 5.41) is 0. The summed E-state index contributed by atoms with van der Waals surface area (Å²) in [4.78, 5) is 0. The first-order valence-corrected chi connectivity index (χ1v) is 6.49. The second-order valence-electron chi connectivity index (χ2n) is 4.92. The summed E-state index contributed by atoms with van der Waals surface area (Å²) in [5.41, 5.74) is 1.18. The van der Waals surface area contributed by atoms with Gasteiger partial charge in [-0.1, -0.05) is 24.3 Å². The highest BCUT2D eigenvalue weighted by Gasteiger charge is 2.29. The van der Waals surface area contributed by atoms with E-state index in [4.69, 9.17) is 9.47 Å². The summed E-state index contributed by atoms with van der Waals surface area (Å²) >= 11 is 0. The molecule has 2 aromatic rings. The lowest BCUT2D eigenvalue weighted by Crippen LogP contribution is -2.26. The number of hydrogen-bond donors (Lipinski definition) is 0. The van der Waals surface area contributed by atoms with Crippen molar-refractivity contribution >= 4 is 0 Å². The number of ether oxygens (including phenoxy) is 2. The Morgan fingerprint density at radius 3 is 1.40 bits per heavy atom. The van der Waals surface area contributed by atoms with Gasteiger partial charge < -0.3 is 9.47 Å². The topological polar surface area (TPSA) is 18.5 Å². The molecule has 0 atom stereocenters. The molecule has 0 aliphatic carbocycles. The van der Waals surface area contributed by atoms with E-state index in [0.717, 1.165) is 22.6 Å². The molecule has 2 aromatic carbocycles. The molecule has 0 heterocycles. The standard InChI is InChI=1S/C17H19FO2/c1-17(12-18,13-4-8-15(19-2)9-5-13)14-6-10-16(20-3)11-7-14/h4-11H,12H2,1-3H3. The Hall–Kier alpha value is -2.03. The van der Waals surface area contributed by atoms with Gasteiger partial charge in [-0.3, -0.25) is 0 Å². The molecule has 0 amide bonds. The van der Waals surface area contributed by atoms with E-state index in [1.54, 1.807) is 14.2 Å². The molecule has 0 saturated carbocycles. The number of methoxy groups -OCH3 is 2. The van der Waals surface area contributed by atoms with Crippen molar-refractivity contribution in [3.63, 3.8) is 0 Å². The van der Waals surface area contributed by atoms with Gasteiger partial charge in [-0.25, -0.2) is 4.39 Å². The van der Waals surface area contributed by atoms with Crippen LogP contribution in [0.5, 0.6) is 11.5 Å². The van der Waals surface area contributed by atoms with E-state index in [0.29, 0.717) is 0 Å². The van der Waals surface area contributed by atoms with Crippen LogP contribution in [0.15, 0.2) is 48.5 Å². The summed E-state index contributed by atoms with van der Waals surface area (Å²) < 4.78 is 24.0. The molecule has 20 heavy (non-hydrogen) atoms. The minimum atomic E-state index is -0.668. The molecule has 0 radical (unpaired) electrons. The largest absolute Gasteiger partial charge is 0.497 e. The summed E-state index contributed by atoms with van der Waals surface area (Å²) in [5.74, 6) is 1.54. The number of alkyl halides is 1. The van der Waals surface area contributed by atoms with E-state index in [9.17, 15) is 4.39 Å². The third-order valence-corrected chi connectivity index (χ3v) is 3.72. The molecule has 2 nitrogen and oxygen atoms in total. The monoisotopic (exact) mass is 274 g/mol. The van der Waals surface area contributed by atoms with Crippen molar-refractivity contribution in [1.29, 1.82) is 0 Å². The average molecular weight is 274 g/mol. The van der Waals surface area contributed by atoms with E-state index < -0.39 is 12.1 Å². The molecule has 0 N–H and O–H groups in total. The van der Waals surface area contributed by atoms with Crippen LogP contribution in [0.3, 0.4) is 0 Å². The summed E-state index contributed by atoms with van der Waals surface area (Å²) in [6.07, 6.45) is 0. The number of halogens is 1. The van der Waals surface area contributed by atoms with Crippen LogP contribution in [0, 0.1) is 0 Å². The van der Waals surface area contributed by atoms with E-state index in [-0.39, 0.29) is 0 Å². The first kappa shape index (κ1) is 14.4. The molecule has 0 spiro atoms. The van der Waals surface area contributed by atoms with Gasteiger partial charge in [0.2, 0.25) is 0 Å². The fraction of sp³-hybridized carbons (Fsp3) is 0.294. The minimum Gasteiger partial charge on any atom is -0.497 e. The van der Waals surface area contributed by atoms with Crippen LogP contribution in [-0.4, -0.2) is 20.9 Å². The summed E-state index contributed by atoms with van der Waals surface area (Å²) in [6.45, 7) is 1.43. The van der Waals surface area contributed by atoms with Crippen LogP contribution in [0.1, 0.15) is 18.1 Å². The van der Waals surface area contributed by atoms with Crippen molar-refractivity contribution < 1.29 is 13.9 Å². The van der Waals surface area contributed by atoms with Crippen molar-refractivity contribution in [2.75, 3.05) is 20.9 Å². The van der Waals surface area contributed by atoms with Crippen molar-refractivity contribution in [2.45, 2.75) is 12.3 Å². The highest BCUT2D eigenvalue weighted by Crippen LogP contribution is 2.34. The molecule has 0 bridgehead atoms. The molecular formula is C17H19FO2. The maximum atomic E-state index is 13.7. The lowest BCUT2D eigenvalue weighted by Gasteiger charge is -2.28. The molecule has 0 fully saturated rings. The molecule has 0 aliphatic rings. The van der Waals surface area contributed by atoms with Crippen LogP contribution in [0.25, 0.3) is 0 Å². The highest BCUT2D eigenvalue weighted by atomic mass is 19.1. The second-order valence-corrected chi connectivity index (χ2v) is 4.92.